The second-order valence-electron chi connectivity index (χ2n) is 3.24. The van der Waals surface area contributed by atoms with Crippen LogP contribution < -0.4 is 0 Å². The summed E-state index contributed by atoms with van der Waals surface area (Å²) in [5, 5.41) is 0.336. The molecule has 2 unspecified atom stereocenters. The average Bonchev–Trinajstić information content (AvgIpc) is 1.63. The van der Waals surface area contributed by atoms with Crippen LogP contribution >= 0.6 is 11.6 Å². The third kappa shape index (κ3) is 4.77. The van der Waals surface area contributed by atoms with Crippen LogP contribution in [0.5, 0.6) is 0 Å². The molecule has 0 aliphatic carbocycles. The number of halogens is 1. The van der Waals surface area contributed by atoms with Crippen molar-refractivity contribution in [1.82, 2.24) is 0 Å². The van der Waals surface area contributed by atoms with Crippen molar-refractivity contribution in [2.45, 2.75) is 39.5 Å². The lowest BCUT2D eigenvalue weighted by Gasteiger charge is -2.15. The van der Waals surface area contributed by atoms with Gasteiger partial charge < -0.3 is 0 Å². The van der Waals surface area contributed by atoms with Crippen LogP contribution in [0.1, 0.15) is 34.1 Å². The van der Waals surface area contributed by atoms with Crippen molar-refractivity contribution < 1.29 is 0 Å². The summed E-state index contributed by atoms with van der Waals surface area (Å²) in [4.78, 5) is 0. The van der Waals surface area contributed by atoms with Crippen LogP contribution in [0.25, 0.3) is 0 Å². The molecule has 2 atom stereocenters. The highest BCUT2D eigenvalue weighted by atomic mass is 35.5. The van der Waals surface area contributed by atoms with Crippen molar-refractivity contribution in [3.8, 4) is 0 Å². The van der Waals surface area contributed by atoms with Crippen molar-refractivity contribution in [2.24, 2.45) is 11.8 Å². The molecule has 0 spiro atoms. The molecule has 0 aliphatic heterocycles. The summed E-state index contributed by atoms with van der Waals surface area (Å²) in [6.45, 7) is 8.79. The fourth-order valence-electron chi connectivity index (χ4n) is 0.784. The van der Waals surface area contributed by atoms with Gasteiger partial charge in [0.05, 0.1) is 0 Å². The zero-order valence-corrected chi connectivity index (χ0v) is 7.57. The first kappa shape index (κ1) is 9.29. The first-order valence-electron chi connectivity index (χ1n) is 3.68. The van der Waals surface area contributed by atoms with Crippen molar-refractivity contribution >= 4 is 11.6 Å². The quantitative estimate of drug-likeness (QED) is 0.539. The van der Waals surface area contributed by atoms with Gasteiger partial charge in [0.2, 0.25) is 0 Å². The summed E-state index contributed by atoms with van der Waals surface area (Å²) in [5.74, 6) is 1.53. The van der Waals surface area contributed by atoms with Crippen LogP contribution in [0, 0.1) is 11.8 Å². The van der Waals surface area contributed by atoms with E-state index in [1.165, 1.54) is 0 Å². The van der Waals surface area contributed by atoms with Crippen LogP contribution in [0.2, 0.25) is 0 Å². The van der Waals surface area contributed by atoms with E-state index in [4.69, 9.17) is 11.6 Å². The molecule has 1 heteroatoms. The maximum Gasteiger partial charge on any atom is 0.0310 e. The minimum atomic E-state index is 0.336. The van der Waals surface area contributed by atoms with Gasteiger partial charge in [0.15, 0.2) is 0 Å². The van der Waals surface area contributed by atoms with E-state index in [1.807, 2.05) is 0 Å². The predicted octanol–water partition coefficient (Wildman–Crippen LogP) is 3.30. The molecule has 0 N–H and O–H groups in total. The Kier molecular flexibility index (Phi) is 4.29. The van der Waals surface area contributed by atoms with Gasteiger partial charge in [-0.15, -0.1) is 11.6 Å². The van der Waals surface area contributed by atoms with Gasteiger partial charge in [-0.2, -0.15) is 0 Å². The second-order valence-corrected chi connectivity index (χ2v) is 3.98. The Morgan fingerprint density at radius 2 is 1.56 bits per heavy atom. The standard InChI is InChI=1S/C8H17Cl/c1-6(2)7(3)5-8(4)9/h6-8H,5H2,1-4H3. The molecular weight excluding hydrogens is 132 g/mol. The van der Waals surface area contributed by atoms with Gasteiger partial charge in [-0.05, 0) is 25.2 Å². The number of hydrogen-bond acceptors (Lipinski definition) is 0. The molecule has 56 valence electrons. The Morgan fingerprint density at radius 3 is 1.67 bits per heavy atom. The molecule has 0 saturated heterocycles. The second kappa shape index (κ2) is 4.16. The molecule has 0 amide bonds. The van der Waals surface area contributed by atoms with Crippen molar-refractivity contribution in [1.29, 1.82) is 0 Å². The largest absolute Gasteiger partial charge is 0.123 e. The summed E-state index contributed by atoms with van der Waals surface area (Å²) in [7, 11) is 0. The molecule has 0 rings (SSSR count). The lowest BCUT2D eigenvalue weighted by Crippen LogP contribution is -2.08. The number of rotatable bonds is 3. The molecule has 9 heavy (non-hydrogen) atoms. The molecule has 0 aromatic rings. The highest BCUT2D eigenvalue weighted by molar-refractivity contribution is 6.20. The molecular formula is C8H17Cl. The smallest absolute Gasteiger partial charge is 0.0310 e. The fourth-order valence-corrected chi connectivity index (χ4v) is 1.07. The zero-order chi connectivity index (χ0) is 7.44. The maximum atomic E-state index is 5.82. The van der Waals surface area contributed by atoms with Crippen LogP contribution in [-0.2, 0) is 0 Å². The van der Waals surface area contributed by atoms with Gasteiger partial charge >= 0.3 is 0 Å². The van der Waals surface area contributed by atoms with E-state index < -0.39 is 0 Å². The number of alkyl halides is 1. The fraction of sp³-hybridized carbons (Fsp3) is 1.00. The van der Waals surface area contributed by atoms with Crippen LogP contribution in [0.4, 0.5) is 0 Å². The van der Waals surface area contributed by atoms with E-state index in [1.54, 1.807) is 0 Å². The molecule has 0 saturated carbocycles. The molecule has 0 radical (unpaired) electrons. The number of hydrogen-bond donors (Lipinski definition) is 0. The van der Waals surface area contributed by atoms with Gasteiger partial charge in [0, 0.05) is 5.38 Å². The third-order valence-electron chi connectivity index (χ3n) is 1.83. The van der Waals surface area contributed by atoms with Gasteiger partial charge in [-0.25, -0.2) is 0 Å². The average molecular weight is 149 g/mol. The lowest BCUT2D eigenvalue weighted by molar-refractivity contribution is 0.391. The highest BCUT2D eigenvalue weighted by Crippen LogP contribution is 2.18. The van der Waals surface area contributed by atoms with E-state index in [-0.39, 0.29) is 0 Å². The molecule has 0 aromatic carbocycles. The van der Waals surface area contributed by atoms with Crippen LogP contribution in [-0.4, -0.2) is 5.38 Å². The SMILES string of the molecule is CC(Cl)CC(C)C(C)C. The van der Waals surface area contributed by atoms with Crippen LogP contribution in [0.15, 0.2) is 0 Å². The summed E-state index contributed by atoms with van der Waals surface area (Å²) < 4.78 is 0. The summed E-state index contributed by atoms with van der Waals surface area (Å²) >= 11 is 5.82. The van der Waals surface area contributed by atoms with E-state index in [0.717, 1.165) is 18.3 Å². The van der Waals surface area contributed by atoms with Crippen molar-refractivity contribution in [3.63, 3.8) is 0 Å². The van der Waals surface area contributed by atoms with E-state index >= 15 is 0 Å². The molecule has 0 aromatic heterocycles. The molecule has 0 nitrogen and oxygen atoms in total. The predicted molar refractivity (Wildman–Crippen MR) is 43.9 cm³/mol. The van der Waals surface area contributed by atoms with Gasteiger partial charge in [-0.3, -0.25) is 0 Å². The first-order valence-corrected chi connectivity index (χ1v) is 4.11. The Hall–Kier alpha value is 0.290. The molecule has 0 bridgehead atoms. The molecule has 0 aliphatic rings. The lowest BCUT2D eigenvalue weighted by atomic mass is 9.94. The van der Waals surface area contributed by atoms with Crippen molar-refractivity contribution in [2.75, 3.05) is 0 Å². The Bertz CT molecular complexity index is 67.0. The summed E-state index contributed by atoms with van der Waals surface area (Å²) in [6, 6.07) is 0. The minimum absolute atomic E-state index is 0.336. The van der Waals surface area contributed by atoms with Gasteiger partial charge in [0.25, 0.3) is 0 Å². The zero-order valence-electron chi connectivity index (χ0n) is 6.82. The van der Waals surface area contributed by atoms with E-state index in [9.17, 15) is 0 Å². The van der Waals surface area contributed by atoms with Crippen LogP contribution in [0.3, 0.4) is 0 Å². The van der Waals surface area contributed by atoms with E-state index in [2.05, 4.69) is 27.7 Å². The van der Waals surface area contributed by atoms with E-state index in [0.29, 0.717) is 5.38 Å². The molecule has 0 heterocycles. The summed E-state index contributed by atoms with van der Waals surface area (Å²) in [5.41, 5.74) is 0. The maximum absolute atomic E-state index is 5.82. The summed E-state index contributed by atoms with van der Waals surface area (Å²) in [6.07, 6.45) is 1.14. The third-order valence-corrected chi connectivity index (χ3v) is 2.01. The first-order chi connectivity index (χ1) is 4.04. The van der Waals surface area contributed by atoms with Gasteiger partial charge in [0.1, 0.15) is 0 Å². The Balaban J connectivity index is 3.38. The van der Waals surface area contributed by atoms with Gasteiger partial charge in [-0.1, -0.05) is 20.8 Å². The Morgan fingerprint density at radius 1 is 1.11 bits per heavy atom. The molecule has 0 fully saturated rings. The normalized spacial score (nSPS) is 18.0. The monoisotopic (exact) mass is 148 g/mol. The highest BCUT2D eigenvalue weighted by Gasteiger charge is 2.09. The Labute approximate surface area is 63.6 Å². The van der Waals surface area contributed by atoms with Crippen molar-refractivity contribution in [3.05, 3.63) is 0 Å². The minimum Gasteiger partial charge on any atom is -0.123 e. The topological polar surface area (TPSA) is 0 Å².